The number of amides is 4. The lowest BCUT2D eigenvalue weighted by Crippen LogP contribution is -2.56. The fourth-order valence-electron chi connectivity index (χ4n) is 6.26. The molecule has 38 heavy (non-hydrogen) atoms. The second-order valence-corrected chi connectivity index (χ2v) is 13.3. The molecule has 4 fully saturated rings. The van der Waals surface area contributed by atoms with Crippen LogP contribution in [0.1, 0.15) is 89.9 Å². The summed E-state index contributed by atoms with van der Waals surface area (Å²) in [5.41, 5.74) is -1.11. The standard InChI is InChI=1S/C28H42N4O5S/c33-24(31-15-7-4-8-16-31)18-20-10-5-2-1-3-6-11-21-19-28(21,27(36)30-38(37)22-13-14-22)29-25(34)23-12-9-17-32(23)26(20)35/h6,11,20-23H,1-5,7-10,12-19H2,(H,29,34)(H,30,36)/b11-6-/t20-,21+,23+,28+,38?/m1/s1. The molecule has 0 bridgehead atoms. The summed E-state index contributed by atoms with van der Waals surface area (Å²) >= 11 is 0. The van der Waals surface area contributed by atoms with Crippen molar-refractivity contribution in [3.63, 3.8) is 0 Å². The second kappa shape index (κ2) is 11.9. The largest absolute Gasteiger partial charge is 0.343 e. The Hall–Kier alpha value is -2.23. The van der Waals surface area contributed by atoms with Crippen LogP contribution in [0.2, 0.25) is 0 Å². The molecular formula is C28H42N4O5S. The number of fused-ring (bicyclic) bond motifs is 2. The first-order chi connectivity index (χ1) is 18.4. The molecule has 0 aromatic rings. The Morgan fingerprint density at radius 2 is 1.74 bits per heavy atom. The summed E-state index contributed by atoms with van der Waals surface area (Å²) in [5.74, 6) is -1.35. The molecule has 0 spiro atoms. The summed E-state index contributed by atoms with van der Waals surface area (Å²) in [6, 6.07) is -0.649. The van der Waals surface area contributed by atoms with Gasteiger partial charge in [-0.1, -0.05) is 25.0 Å². The maximum atomic E-state index is 13.8. The minimum absolute atomic E-state index is 0.00794. The van der Waals surface area contributed by atoms with Crippen LogP contribution in [0.5, 0.6) is 0 Å². The number of piperidine rings is 1. The van der Waals surface area contributed by atoms with Gasteiger partial charge in [0.25, 0.3) is 5.91 Å². The molecule has 210 valence electrons. The van der Waals surface area contributed by atoms with Gasteiger partial charge in [-0.2, -0.15) is 0 Å². The first kappa shape index (κ1) is 27.3. The van der Waals surface area contributed by atoms with Crippen molar-refractivity contribution in [3.8, 4) is 0 Å². The Labute approximate surface area is 228 Å². The molecule has 4 amide bonds. The molecule has 5 rings (SSSR count). The van der Waals surface area contributed by atoms with E-state index in [1.165, 1.54) is 0 Å². The number of hydrogen-bond donors (Lipinski definition) is 2. The minimum atomic E-state index is -1.43. The number of allylic oxidation sites excluding steroid dienone is 1. The smallest absolute Gasteiger partial charge is 0.258 e. The zero-order chi connectivity index (χ0) is 26.7. The number of carbonyl (C=O) groups excluding carboxylic acids is 4. The number of carbonyl (C=O) groups is 4. The number of nitrogens with zero attached hydrogens (tertiary/aromatic N) is 2. The average molecular weight is 547 g/mol. The van der Waals surface area contributed by atoms with Crippen LogP contribution in [0.3, 0.4) is 0 Å². The van der Waals surface area contributed by atoms with Gasteiger partial charge >= 0.3 is 0 Å². The van der Waals surface area contributed by atoms with E-state index in [9.17, 15) is 23.4 Å². The van der Waals surface area contributed by atoms with Crippen molar-refractivity contribution in [2.24, 2.45) is 11.8 Å². The fraction of sp³-hybridized carbons (Fsp3) is 0.786. The molecular weight excluding hydrogens is 504 g/mol. The fourth-order valence-corrected chi connectivity index (χ4v) is 7.35. The lowest BCUT2D eigenvalue weighted by atomic mass is 9.94. The Morgan fingerprint density at radius 1 is 0.974 bits per heavy atom. The lowest BCUT2D eigenvalue weighted by molar-refractivity contribution is -0.145. The van der Waals surface area contributed by atoms with Gasteiger partial charge in [0.05, 0.1) is 5.25 Å². The van der Waals surface area contributed by atoms with E-state index >= 15 is 0 Å². The van der Waals surface area contributed by atoms with Crippen molar-refractivity contribution in [3.05, 3.63) is 12.2 Å². The van der Waals surface area contributed by atoms with E-state index in [1.807, 2.05) is 11.0 Å². The molecule has 2 saturated heterocycles. The molecule has 9 nitrogen and oxygen atoms in total. The molecule has 3 aliphatic heterocycles. The highest BCUT2D eigenvalue weighted by atomic mass is 32.2. The summed E-state index contributed by atoms with van der Waals surface area (Å²) in [6.45, 7) is 2.01. The predicted octanol–water partition coefficient (Wildman–Crippen LogP) is 2.33. The summed E-state index contributed by atoms with van der Waals surface area (Å²) in [5, 5.41) is 3.00. The SMILES string of the molecule is O=C1N[C@@]2(C(=O)NS(=O)C3CC3)C[C@@H]2/C=C\CCCCC[C@H](CC(=O)N2CCCCC2)C(=O)N2CCC[C@@H]12. The van der Waals surface area contributed by atoms with Crippen molar-refractivity contribution in [1.82, 2.24) is 19.8 Å². The quantitative estimate of drug-likeness (QED) is 0.514. The van der Waals surface area contributed by atoms with Crippen LogP contribution in [0.25, 0.3) is 0 Å². The molecule has 1 unspecified atom stereocenters. The van der Waals surface area contributed by atoms with Gasteiger partial charge in [-0.15, -0.1) is 0 Å². The third-order valence-electron chi connectivity index (χ3n) is 8.90. The predicted molar refractivity (Wildman–Crippen MR) is 144 cm³/mol. The minimum Gasteiger partial charge on any atom is -0.343 e. The van der Waals surface area contributed by atoms with Crippen LogP contribution in [-0.4, -0.2) is 74.1 Å². The molecule has 2 N–H and O–H groups in total. The molecule has 5 aliphatic rings. The van der Waals surface area contributed by atoms with Crippen molar-refractivity contribution in [2.45, 2.75) is 107 Å². The third kappa shape index (κ3) is 6.15. The summed E-state index contributed by atoms with van der Waals surface area (Å²) in [4.78, 5) is 57.3. The van der Waals surface area contributed by atoms with Crippen LogP contribution in [0.15, 0.2) is 12.2 Å². The Balaban J connectivity index is 1.32. The average Bonchev–Trinajstić information content (AvgIpc) is 3.83. The van der Waals surface area contributed by atoms with Gasteiger partial charge < -0.3 is 15.1 Å². The van der Waals surface area contributed by atoms with E-state index in [1.54, 1.807) is 4.90 Å². The van der Waals surface area contributed by atoms with Crippen LogP contribution in [0, 0.1) is 11.8 Å². The molecule has 2 aliphatic carbocycles. The zero-order valence-electron chi connectivity index (χ0n) is 22.3. The molecule has 0 radical (unpaired) electrons. The van der Waals surface area contributed by atoms with Crippen LogP contribution >= 0.6 is 0 Å². The van der Waals surface area contributed by atoms with Crippen molar-refractivity contribution < 1.29 is 23.4 Å². The maximum absolute atomic E-state index is 13.8. The van der Waals surface area contributed by atoms with Gasteiger partial charge in [-0.05, 0) is 70.6 Å². The summed E-state index contributed by atoms with van der Waals surface area (Å²) in [6.07, 6.45) is 15.2. The molecule has 0 aromatic carbocycles. The van der Waals surface area contributed by atoms with Gasteiger partial charge in [-0.25, -0.2) is 4.21 Å². The monoisotopic (exact) mass is 546 g/mol. The number of rotatable bonds is 5. The second-order valence-electron chi connectivity index (χ2n) is 11.8. The number of nitrogens with one attached hydrogen (secondary N) is 2. The topological polar surface area (TPSA) is 116 Å². The van der Waals surface area contributed by atoms with E-state index in [4.69, 9.17) is 0 Å². The molecule has 5 atom stereocenters. The maximum Gasteiger partial charge on any atom is 0.258 e. The van der Waals surface area contributed by atoms with Crippen LogP contribution in [0.4, 0.5) is 0 Å². The molecule has 3 heterocycles. The number of hydrogen-bond acceptors (Lipinski definition) is 5. The molecule has 2 saturated carbocycles. The van der Waals surface area contributed by atoms with Gasteiger partial charge in [0.2, 0.25) is 17.7 Å². The lowest BCUT2D eigenvalue weighted by Gasteiger charge is -2.31. The summed E-state index contributed by atoms with van der Waals surface area (Å²) in [7, 11) is -1.43. The summed E-state index contributed by atoms with van der Waals surface area (Å²) < 4.78 is 15.1. The Kier molecular flexibility index (Phi) is 8.55. The highest BCUT2D eigenvalue weighted by Crippen LogP contribution is 2.46. The Bertz CT molecular complexity index is 992. The molecule has 10 heteroatoms. The van der Waals surface area contributed by atoms with Gasteiger partial charge in [0, 0.05) is 37.9 Å². The van der Waals surface area contributed by atoms with E-state index in [2.05, 4.69) is 16.1 Å². The number of likely N-dealkylation sites (tertiary alicyclic amines) is 1. The van der Waals surface area contributed by atoms with Crippen LogP contribution < -0.4 is 10.0 Å². The van der Waals surface area contributed by atoms with Gasteiger partial charge in [0.1, 0.15) is 22.6 Å². The first-order valence-corrected chi connectivity index (χ1v) is 15.9. The highest BCUT2D eigenvalue weighted by molar-refractivity contribution is 7.84. The van der Waals surface area contributed by atoms with Crippen LogP contribution in [-0.2, 0) is 30.2 Å². The third-order valence-corrected chi connectivity index (χ3v) is 10.4. The van der Waals surface area contributed by atoms with E-state index in [-0.39, 0.29) is 35.3 Å². The first-order valence-electron chi connectivity index (χ1n) is 14.7. The van der Waals surface area contributed by atoms with E-state index in [0.29, 0.717) is 32.2 Å². The normalized spacial score (nSPS) is 34.2. The van der Waals surface area contributed by atoms with Crippen molar-refractivity contribution in [2.75, 3.05) is 19.6 Å². The zero-order valence-corrected chi connectivity index (χ0v) is 23.1. The van der Waals surface area contributed by atoms with E-state index < -0.39 is 34.4 Å². The van der Waals surface area contributed by atoms with Gasteiger partial charge in [-0.3, -0.25) is 23.9 Å². The Morgan fingerprint density at radius 3 is 2.50 bits per heavy atom. The molecule has 0 aromatic heterocycles. The van der Waals surface area contributed by atoms with Crippen molar-refractivity contribution >= 4 is 34.6 Å². The van der Waals surface area contributed by atoms with Crippen molar-refractivity contribution in [1.29, 1.82) is 0 Å². The van der Waals surface area contributed by atoms with Gasteiger partial charge in [0.15, 0.2) is 0 Å². The van der Waals surface area contributed by atoms with E-state index in [0.717, 1.165) is 70.9 Å². The highest BCUT2D eigenvalue weighted by Gasteiger charge is 2.61.